The summed E-state index contributed by atoms with van der Waals surface area (Å²) in [6.07, 6.45) is 1.26. The lowest BCUT2D eigenvalue weighted by atomic mass is 10.1. The monoisotopic (exact) mass is 345 g/mol. The fraction of sp³-hybridized carbons (Fsp3) is 0.579. The molecule has 0 saturated carbocycles. The first-order valence-corrected chi connectivity index (χ1v) is 9.10. The van der Waals surface area contributed by atoms with Gasteiger partial charge in [-0.15, -0.1) is 0 Å². The number of carbonyl (C=O) groups excluding carboxylic acids is 2. The second kappa shape index (κ2) is 8.45. The molecule has 0 aliphatic carbocycles. The molecule has 3 rings (SSSR count). The molecule has 0 radical (unpaired) electrons. The zero-order chi connectivity index (χ0) is 17.6. The van der Waals surface area contributed by atoms with E-state index in [0.717, 1.165) is 32.5 Å². The summed E-state index contributed by atoms with van der Waals surface area (Å²) >= 11 is 0. The van der Waals surface area contributed by atoms with Crippen LogP contribution in [0.25, 0.3) is 0 Å². The zero-order valence-electron chi connectivity index (χ0n) is 14.8. The Morgan fingerprint density at radius 1 is 1.20 bits per heavy atom. The van der Waals surface area contributed by atoms with Crippen molar-refractivity contribution in [3.05, 3.63) is 35.9 Å². The Hall–Kier alpha value is -1.92. The van der Waals surface area contributed by atoms with E-state index in [4.69, 9.17) is 4.74 Å². The number of ether oxygens (including phenoxy) is 1. The van der Waals surface area contributed by atoms with Gasteiger partial charge in [-0.1, -0.05) is 30.3 Å². The maximum absolute atomic E-state index is 12.6. The minimum Gasteiger partial charge on any atom is -0.368 e. The third kappa shape index (κ3) is 4.80. The summed E-state index contributed by atoms with van der Waals surface area (Å²) in [5.74, 6) is -0.174. The van der Waals surface area contributed by atoms with Gasteiger partial charge < -0.3 is 15.0 Å². The highest BCUT2D eigenvalue weighted by molar-refractivity contribution is 5.89. The number of nitrogens with zero attached hydrogens (tertiary/aromatic N) is 2. The van der Waals surface area contributed by atoms with E-state index in [2.05, 4.69) is 22.3 Å². The Balaban J connectivity index is 1.43. The summed E-state index contributed by atoms with van der Waals surface area (Å²) in [7, 11) is 0. The van der Waals surface area contributed by atoms with Gasteiger partial charge in [0.05, 0.1) is 0 Å². The summed E-state index contributed by atoms with van der Waals surface area (Å²) in [6.45, 7) is 6.40. The highest BCUT2D eigenvalue weighted by Crippen LogP contribution is 2.13. The van der Waals surface area contributed by atoms with Gasteiger partial charge in [-0.25, -0.2) is 0 Å². The van der Waals surface area contributed by atoms with E-state index < -0.39 is 12.1 Å². The quantitative estimate of drug-likeness (QED) is 0.865. The molecule has 0 aromatic heterocycles. The van der Waals surface area contributed by atoms with Crippen molar-refractivity contribution < 1.29 is 14.3 Å². The predicted molar refractivity (Wildman–Crippen MR) is 94.9 cm³/mol. The van der Waals surface area contributed by atoms with E-state index in [1.165, 1.54) is 5.56 Å². The first kappa shape index (κ1) is 17.9. The van der Waals surface area contributed by atoms with Crippen LogP contribution in [0.1, 0.15) is 25.3 Å². The van der Waals surface area contributed by atoms with Crippen LogP contribution in [-0.2, 0) is 20.9 Å². The average molecular weight is 345 g/mol. The van der Waals surface area contributed by atoms with E-state index >= 15 is 0 Å². The molecule has 1 unspecified atom stereocenters. The number of rotatable bonds is 5. The Kier molecular flexibility index (Phi) is 6.04. The van der Waals surface area contributed by atoms with Gasteiger partial charge in [0.2, 0.25) is 11.8 Å². The van der Waals surface area contributed by atoms with Gasteiger partial charge in [0.1, 0.15) is 12.1 Å². The topological polar surface area (TPSA) is 61.9 Å². The molecule has 2 amide bonds. The normalized spacial score (nSPS) is 22.6. The van der Waals surface area contributed by atoms with Gasteiger partial charge in [0.15, 0.2) is 0 Å². The number of benzene rings is 1. The molecule has 1 N–H and O–H groups in total. The van der Waals surface area contributed by atoms with E-state index in [9.17, 15) is 9.59 Å². The Morgan fingerprint density at radius 3 is 2.56 bits per heavy atom. The fourth-order valence-electron chi connectivity index (χ4n) is 3.39. The molecule has 1 aromatic rings. The number of amides is 2. The Morgan fingerprint density at radius 2 is 1.92 bits per heavy atom. The second-order valence-electron chi connectivity index (χ2n) is 6.82. The Bertz CT molecular complexity index is 579. The van der Waals surface area contributed by atoms with Crippen LogP contribution in [0.15, 0.2) is 30.3 Å². The highest BCUT2D eigenvalue weighted by atomic mass is 16.5. The third-order valence-electron chi connectivity index (χ3n) is 4.88. The molecular formula is C19H27N3O3. The zero-order valence-corrected chi connectivity index (χ0v) is 14.8. The number of carbonyl (C=O) groups is 2. The van der Waals surface area contributed by atoms with Crippen LogP contribution < -0.4 is 5.32 Å². The van der Waals surface area contributed by atoms with Crippen molar-refractivity contribution in [3.63, 3.8) is 0 Å². The molecule has 6 nitrogen and oxygen atoms in total. The molecule has 136 valence electrons. The molecule has 2 atom stereocenters. The summed E-state index contributed by atoms with van der Waals surface area (Å²) < 4.78 is 5.37. The molecule has 2 saturated heterocycles. The molecule has 1 aromatic carbocycles. The molecule has 6 heteroatoms. The van der Waals surface area contributed by atoms with Crippen molar-refractivity contribution in [3.8, 4) is 0 Å². The molecule has 0 spiro atoms. The largest absolute Gasteiger partial charge is 0.368 e. The van der Waals surface area contributed by atoms with Crippen LogP contribution in [0, 0.1) is 0 Å². The van der Waals surface area contributed by atoms with Gasteiger partial charge >= 0.3 is 0 Å². The van der Waals surface area contributed by atoms with E-state index in [0.29, 0.717) is 19.7 Å². The van der Waals surface area contributed by atoms with Crippen LogP contribution in [0.3, 0.4) is 0 Å². The lowest BCUT2D eigenvalue weighted by molar-refractivity contribution is -0.139. The molecule has 2 heterocycles. The number of nitrogens with one attached hydrogen (secondary N) is 1. The number of hydrogen-bond donors (Lipinski definition) is 1. The summed E-state index contributed by atoms with van der Waals surface area (Å²) in [6, 6.07) is 9.87. The third-order valence-corrected chi connectivity index (χ3v) is 4.88. The maximum atomic E-state index is 12.6. The Labute approximate surface area is 149 Å². The molecule has 2 fully saturated rings. The SMILES string of the molecule is C[C@@H](NC(=O)C1CCCO1)C(=O)N1CCN(Cc2ccccc2)CC1. The van der Waals surface area contributed by atoms with Gasteiger partial charge in [0.25, 0.3) is 0 Å². The molecule has 2 aliphatic rings. The summed E-state index contributed by atoms with van der Waals surface area (Å²) in [5, 5.41) is 2.80. The van der Waals surface area contributed by atoms with Gasteiger partial charge in [-0.3, -0.25) is 14.5 Å². The number of hydrogen-bond acceptors (Lipinski definition) is 4. The van der Waals surface area contributed by atoms with Gasteiger partial charge in [0, 0.05) is 39.3 Å². The lowest BCUT2D eigenvalue weighted by Gasteiger charge is -2.36. The molecular weight excluding hydrogens is 318 g/mol. The van der Waals surface area contributed by atoms with E-state index in [-0.39, 0.29) is 11.8 Å². The van der Waals surface area contributed by atoms with Gasteiger partial charge in [-0.05, 0) is 25.3 Å². The fourth-order valence-corrected chi connectivity index (χ4v) is 3.39. The van der Waals surface area contributed by atoms with Crippen molar-refractivity contribution in [2.45, 2.75) is 38.5 Å². The average Bonchev–Trinajstić information content (AvgIpc) is 3.17. The predicted octanol–water partition coefficient (Wildman–Crippen LogP) is 1.01. The molecule has 25 heavy (non-hydrogen) atoms. The number of piperazine rings is 1. The van der Waals surface area contributed by atoms with Crippen molar-refractivity contribution in [2.75, 3.05) is 32.8 Å². The van der Waals surface area contributed by atoms with Crippen LogP contribution in [0.2, 0.25) is 0 Å². The van der Waals surface area contributed by atoms with Crippen molar-refractivity contribution in [1.29, 1.82) is 0 Å². The highest BCUT2D eigenvalue weighted by Gasteiger charge is 2.29. The van der Waals surface area contributed by atoms with Crippen LogP contribution >= 0.6 is 0 Å². The first-order valence-electron chi connectivity index (χ1n) is 9.10. The minimum absolute atomic E-state index is 0.00860. The van der Waals surface area contributed by atoms with E-state index in [1.807, 2.05) is 23.1 Å². The molecule has 0 bridgehead atoms. The first-order chi connectivity index (χ1) is 12.1. The second-order valence-corrected chi connectivity index (χ2v) is 6.82. The van der Waals surface area contributed by atoms with Crippen LogP contribution in [0.5, 0.6) is 0 Å². The smallest absolute Gasteiger partial charge is 0.249 e. The van der Waals surface area contributed by atoms with Crippen molar-refractivity contribution in [1.82, 2.24) is 15.1 Å². The van der Waals surface area contributed by atoms with Crippen molar-refractivity contribution in [2.24, 2.45) is 0 Å². The van der Waals surface area contributed by atoms with Crippen molar-refractivity contribution >= 4 is 11.8 Å². The lowest BCUT2D eigenvalue weighted by Crippen LogP contribution is -2.54. The maximum Gasteiger partial charge on any atom is 0.249 e. The molecule has 2 aliphatic heterocycles. The van der Waals surface area contributed by atoms with Crippen LogP contribution in [0.4, 0.5) is 0 Å². The summed E-state index contributed by atoms with van der Waals surface area (Å²) in [5.41, 5.74) is 1.29. The summed E-state index contributed by atoms with van der Waals surface area (Å²) in [4.78, 5) is 28.9. The van der Waals surface area contributed by atoms with Crippen LogP contribution in [-0.4, -0.2) is 66.5 Å². The minimum atomic E-state index is -0.502. The van der Waals surface area contributed by atoms with E-state index in [1.54, 1.807) is 6.92 Å². The standard InChI is InChI=1S/C19H27N3O3/c1-15(20-18(23)17-8-5-13-25-17)19(24)22-11-9-21(10-12-22)14-16-6-3-2-4-7-16/h2-4,6-7,15,17H,5,8-14H2,1H3,(H,20,23)/t15-,17?/m1/s1. The van der Waals surface area contributed by atoms with Gasteiger partial charge in [-0.2, -0.15) is 0 Å².